The highest BCUT2D eigenvalue weighted by Crippen LogP contribution is 2.41. The predicted molar refractivity (Wildman–Crippen MR) is 73.6 cm³/mol. The molecule has 0 spiro atoms. The van der Waals surface area contributed by atoms with Crippen LogP contribution in [0.3, 0.4) is 0 Å². The molecule has 0 heterocycles. The van der Waals surface area contributed by atoms with Crippen LogP contribution in [0.25, 0.3) is 0 Å². The summed E-state index contributed by atoms with van der Waals surface area (Å²) in [7, 11) is 3.00. The topological polar surface area (TPSA) is 65.0 Å². The summed E-state index contributed by atoms with van der Waals surface area (Å²) in [6.07, 6.45) is -1.35. The van der Waals surface area contributed by atoms with Gasteiger partial charge in [-0.2, -0.15) is 0 Å². The zero-order valence-corrected chi connectivity index (χ0v) is 12.9. The number of aliphatic hydroxyl groups excluding tert-OH is 1. The van der Waals surface area contributed by atoms with E-state index in [0.717, 1.165) is 0 Å². The molecular weight excluding hydrogens is 316 g/mol. The van der Waals surface area contributed by atoms with E-state index in [1.807, 2.05) is 0 Å². The van der Waals surface area contributed by atoms with Crippen LogP contribution < -0.4 is 9.47 Å². The number of carbonyl (C=O) groups excluding carboxylic acids is 1. The zero-order chi connectivity index (χ0) is 14.6. The number of aliphatic hydroxyl groups is 1. The second-order valence-electron chi connectivity index (χ2n) is 3.79. The summed E-state index contributed by atoms with van der Waals surface area (Å²) in [4.78, 5) is 11.6. The molecule has 0 saturated carbocycles. The van der Waals surface area contributed by atoms with Gasteiger partial charge in [0, 0.05) is 0 Å². The van der Waals surface area contributed by atoms with Gasteiger partial charge in [0.1, 0.15) is 0 Å². The first-order valence-corrected chi connectivity index (χ1v) is 6.52. The Morgan fingerprint density at radius 2 is 2.05 bits per heavy atom. The maximum absolute atomic E-state index is 11.6. The lowest BCUT2D eigenvalue weighted by Gasteiger charge is -2.18. The molecule has 19 heavy (non-hydrogen) atoms. The maximum atomic E-state index is 11.6. The van der Waals surface area contributed by atoms with Crippen LogP contribution >= 0.6 is 15.9 Å². The predicted octanol–water partition coefficient (Wildman–Crippen LogP) is 2.37. The molecule has 1 aromatic rings. The Hall–Kier alpha value is -1.27. The van der Waals surface area contributed by atoms with Gasteiger partial charge in [0.2, 0.25) is 0 Å². The lowest BCUT2D eigenvalue weighted by molar-refractivity contribution is -0.153. The van der Waals surface area contributed by atoms with Crippen molar-refractivity contribution in [2.75, 3.05) is 20.8 Å². The molecule has 0 radical (unpaired) electrons. The van der Waals surface area contributed by atoms with E-state index in [2.05, 4.69) is 15.9 Å². The largest absolute Gasteiger partial charge is 0.493 e. The summed E-state index contributed by atoms with van der Waals surface area (Å²) < 4.78 is 15.8. The molecule has 0 fully saturated rings. The second-order valence-corrected chi connectivity index (χ2v) is 4.59. The van der Waals surface area contributed by atoms with Crippen LogP contribution in [-0.2, 0) is 9.53 Å². The van der Waals surface area contributed by atoms with Crippen molar-refractivity contribution >= 4 is 21.9 Å². The number of carbonyl (C=O) groups is 1. The smallest absolute Gasteiger partial charge is 0.339 e. The van der Waals surface area contributed by atoms with E-state index in [4.69, 9.17) is 14.2 Å². The van der Waals surface area contributed by atoms with Crippen LogP contribution in [0.1, 0.15) is 24.2 Å². The van der Waals surface area contributed by atoms with Crippen molar-refractivity contribution in [3.05, 3.63) is 21.7 Å². The van der Waals surface area contributed by atoms with Crippen molar-refractivity contribution in [3.8, 4) is 11.5 Å². The van der Waals surface area contributed by atoms with Crippen LogP contribution in [-0.4, -0.2) is 31.9 Å². The Balaban J connectivity index is 3.29. The molecule has 0 aliphatic rings. The first-order valence-electron chi connectivity index (χ1n) is 5.73. The first kappa shape index (κ1) is 15.8. The van der Waals surface area contributed by atoms with Gasteiger partial charge < -0.3 is 19.3 Å². The van der Waals surface area contributed by atoms with E-state index < -0.39 is 12.1 Å². The van der Waals surface area contributed by atoms with E-state index in [1.54, 1.807) is 19.9 Å². The Morgan fingerprint density at radius 3 is 2.53 bits per heavy atom. The third-order valence-corrected chi connectivity index (χ3v) is 3.66. The highest BCUT2D eigenvalue weighted by atomic mass is 79.9. The fraction of sp³-hybridized carbons (Fsp3) is 0.462. The molecule has 1 unspecified atom stereocenters. The number of hydrogen-bond donors (Lipinski definition) is 1. The van der Waals surface area contributed by atoms with Gasteiger partial charge in [0.15, 0.2) is 17.6 Å². The molecular formula is C13H17BrO5. The van der Waals surface area contributed by atoms with Crippen molar-refractivity contribution in [1.82, 2.24) is 0 Å². The number of rotatable bonds is 5. The highest BCUT2D eigenvalue weighted by molar-refractivity contribution is 9.10. The van der Waals surface area contributed by atoms with Gasteiger partial charge >= 0.3 is 5.97 Å². The highest BCUT2D eigenvalue weighted by Gasteiger charge is 2.25. The zero-order valence-electron chi connectivity index (χ0n) is 11.3. The van der Waals surface area contributed by atoms with Crippen LogP contribution in [0.4, 0.5) is 0 Å². The number of methoxy groups -OCH3 is 2. The fourth-order valence-electron chi connectivity index (χ4n) is 1.69. The van der Waals surface area contributed by atoms with Gasteiger partial charge in [-0.05, 0) is 47.0 Å². The number of hydrogen-bond acceptors (Lipinski definition) is 5. The second kappa shape index (κ2) is 6.77. The SMILES string of the molecule is CCOC(=O)C(O)c1cc(OC)c(OC)c(Br)c1C. The minimum atomic E-state index is -1.35. The van der Waals surface area contributed by atoms with Crippen LogP contribution in [0.15, 0.2) is 10.5 Å². The maximum Gasteiger partial charge on any atom is 0.339 e. The van der Waals surface area contributed by atoms with Crippen LogP contribution in [0.5, 0.6) is 11.5 Å². The normalized spacial score (nSPS) is 11.9. The Labute approximate surface area is 120 Å². The van der Waals surface area contributed by atoms with Gasteiger partial charge in [-0.1, -0.05) is 0 Å². The first-order chi connectivity index (χ1) is 8.97. The molecule has 0 saturated heterocycles. The van der Waals surface area contributed by atoms with Crippen LogP contribution in [0.2, 0.25) is 0 Å². The molecule has 1 atom stereocenters. The molecule has 1 aromatic carbocycles. The molecule has 0 aromatic heterocycles. The van der Waals surface area contributed by atoms with Gasteiger partial charge in [-0.15, -0.1) is 0 Å². The monoisotopic (exact) mass is 332 g/mol. The molecule has 1 N–H and O–H groups in total. The van der Waals surface area contributed by atoms with Gasteiger partial charge in [0.25, 0.3) is 0 Å². The summed E-state index contributed by atoms with van der Waals surface area (Å²) >= 11 is 3.37. The minimum Gasteiger partial charge on any atom is -0.493 e. The summed E-state index contributed by atoms with van der Waals surface area (Å²) in [5.41, 5.74) is 1.11. The minimum absolute atomic E-state index is 0.212. The number of halogens is 1. The lowest BCUT2D eigenvalue weighted by atomic mass is 10.0. The Kier molecular flexibility index (Phi) is 5.62. The lowest BCUT2D eigenvalue weighted by Crippen LogP contribution is -2.16. The van der Waals surface area contributed by atoms with Crippen molar-refractivity contribution in [2.45, 2.75) is 20.0 Å². The average molecular weight is 333 g/mol. The van der Waals surface area contributed by atoms with E-state index in [9.17, 15) is 9.90 Å². The summed E-state index contributed by atoms with van der Waals surface area (Å²) in [6, 6.07) is 1.57. The van der Waals surface area contributed by atoms with E-state index >= 15 is 0 Å². The van der Waals surface area contributed by atoms with Crippen molar-refractivity contribution in [3.63, 3.8) is 0 Å². The van der Waals surface area contributed by atoms with Gasteiger partial charge in [-0.25, -0.2) is 4.79 Å². The van der Waals surface area contributed by atoms with E-state index in [0.29, 0.717) is 27.1 Å². The Morgan fingerprint density at radius 1 is 1.42 bits per heavy atom. The third-order valence-electron chi connectivity index (χ3n) is 2.70. The molecule has 0 bridgehead atoms. The standard InChI is InChI=1S/C13H17BrO5/c1-5-19-13(16)11(15)8-6-9(17-3)12(18-4)10(14)7(8)2/h6,11,15H,5H2,1-4H3. The fourth-order valence-corrected chi connectivity index (χ4v) is 2.28. The molecule has 5 nitrogen and oxygen atoms in total. The molecule has 106 valence electrons. The molecule has 0 aliphatic carbocycles. The summed E-state index contributed by atoms with van der Waals surface area (Å²) in [5, 5.41) is 10.0. The van der Waals surface area contributed by atoms with E-state index in [-0.39, 0.29) is 6.61 Å². The molecule has 0 amide bonds. The quantitative estimate of drug-likeness (QED) is 0.838. The van der Waals surface area contributed by atoms with Gasteiger partial charge in [0.05, 0.1) is 25.3 Å². The number of esters is 1. The molecule has 0 aliphatic heterocycles. The van der Waals surface area contributed by atoms with Crippen molar-refractivity contribution in [2.24, 2.45) is 0 Å². The average Bonchev–Trinajstić information content (AvgIpc) is 2.41. The van der Waals surface area contributed by atoms with Gasteiger partial charge in [-0.3, -0.25) is 0 Å². The third kappa shape index (κ3) is 3.19. The van der Waals surface area contributed by atoms with Crippen molar-refractivity contribution < 1.29 is 24.1 Å². The molecule has 1 rings (SSSR count). The number of benzene rings is 1. The Bertz CT molecular complexity index is 473. The van der Waals surface area contributed by atoms with E-state index in [1.165, 1.54) is 14.2 Å². The molecule has 6 heteroatoms. The van der Waals surface area contributed by atoms with Crippen LogP contribution in [0, 0.1) is 6.92 Å². The number of ether oxygens (including phenoxy) is 3. The van der Waals surface area contributed by atoms with Crippen molar-refractivity contribution in [1.29, 1.82) is 0 Å². The summed E-state index contributed by atoms with van der Waals surface area (Å²) in [5.74, 6) is 0.253. The summed E-state index contributed by atoms with van der Waals surface area (Å²) in [6.45, 7) is 3.66.